The van der Waals surface area contributed by atoms with E-state index in [2.05, 4.69) is 9.46 Å². The molecule has 0 aliphatic heterocycles. The van der Waals surface area contributed by atoms with E-state index in [1.165, 1.54) is 19.2 Å². The van der Waals surface area contributed by atoms with Crippen molar-refractivity contribution in [2.45, 2.75) is 24.8 Å². The maximum absolute atomic E-state index is 12.2. The van der Waals surface area contributed by atoms with Gasteiger partial charge in [-0.1, -0.05) is 11.6 Å². The summed E-state index contributed by atoms with van der Waals surface area (Å²) in [6.07, 6.45) is 0. The molecule has 1 aromatic carbocycles. The minimum absolute atomic E-state index is 0.0132. The van der Waals surface area contributed by atoms with Crippen LogP contribution in [0.1, 0.15) is 22.8 Å². The first kappa shape index (κ1) is 15.6. The summed E-state index contributed by atoms with van der Waals surface area (Å²) in [5.41, 5.74) is 6.17. The first-order chi connectivity index (χ1) is 8.81. The Bertz CT molecular complexity index is 569. The summed E-state index contributed by atoms with van der Waals surface area (Å²) < 4.78 is 31.4. The number of methoxy groups -OCH3 is 1. The molecule has 0 unspecified atom stereocenters. The molecule has 0 bridgehead atoms. The Balaban J connectivity index is 3.30. The predicted octanol–water partition coefficient (Wildman–Crippen LogP) is 0.407. The molecule has 3 N–H and O–H groups in total. The zero-order valence-electron chi connectivity index (χ0n) is 11.1. The Hall–Kier alpha value is -1.44. The van der Waals surface area contributed by atoms with Crippen LogP contribution in [0.5, 0.6) is 0 Å². The zero-order valence-corrected chi connectivity index (χ0v) is 12.0. The molecule has 1 atom stereocenters. The summed E-state index contributed by atoms with van der Waals surface area (Å²) in [5.74, 6) is -0.690. The molecule has 0 heterocycles. The average Bonchev–Trinajstić information content (AvgIpc) is 2.36. The summed E-state index contributed by atoms with van der Waals surface area (Å²) in [6.45, 7) is 3.57. The normalized spacial score (nSPS) is 13.1. The van der Waals surface area contributed by atoms with Crippen molar-refractivity contribution in [1.82, 2.24) is 4.72 Å². The standard InChI is InChI=1S/C12H18N2O4S/c1-8-4-5-11(10(6-8)12(15)18-3)19(16,17)14-9(2)7-13/h4-6,9,14H,7,13H2,1-3H3/t9-/m0/s1. The Morgan fingerprint density at radius 2 is 2.11 bits per heavy atom. The third kappa shape index (κ3) is 3.76. The number of carbonyl (C=O) groups excluding carboxylic acids is 1. The van der Waals surface area contributed by atoms with Crippen LogP contribution in [0, 0.1) is 6.92 Å². The number of nitrogens with two attached hydrogens (primary N) is 1. The van der Waals surface area contributed by atoms with Crippen molar-refractivity contribution >= 4 is 16.0 Å². The molecule has 0 saturated carbocycles. The third-order valence-corrected chi connectivity index (χ3v) is 4.19. The molecule has 0 saturated heterocycles. The van der Waals surface area contributed by atoms with Crippen LogP contribution in [0.3, 0.4) is 0 Å². The number of hydrogen-bond donors (Lipinski definition) is 2. The van der Waals surface area contributed by atoms with Gasteiger partial charge in [0.05, 0.1) is 17.6 Å². The van der Waals surface area contributed by atoms with Gasteiger partial charge in [-0.2, -0.15) is 0 Å². The maximum Gasteiger partial charge on any atom is 0.339 e. The van der Waals surface area contributed by atoms with E-state index in [1.54, 1.807) is 19.9 Å². The minimum atomic E-state index is -3.80. The summed E-state index contributed by atoms with van der Waals surface area (Å²) in [6, 6.07) is 4.06. The summed E-state index contributed by atoms with van der Waals surface area (Å²) >= 11 is 0. The summed E-state index contributed by atoms with van der Waals surface area (Å²) in [5, 5.41) is 0. The number of hydrogen-bond acceptors (Lipinski definition) is 5. The number of ether oxygens (including phenoxy) is 1. The lowest BCUT2D eigenvalue weighted by Crippen LogP contribution is -2.38. The van der Waals surface area contributed by atoms with Crippen molar-refractivity contribution in [3.63, 3.8) is 0 Å². The number of sulfonamides is 1. The molecule has 1 rings (SSSR count). The average molecular weight is 286 g/mol. The van der Waals surface area contributed by atoms with Gasteiger partial charge in [-0.15, -0.1) is 0 Å². The highest BCUT2D eigenvalue weighted by Crippen LogP contribution is 2.18. The van der Waals surface area contributed by atoms with Crippen LogP contribution in [0.4, 0.5) is 0 Å². The van der Waals surface area contributed by atoms with E-state index in [0.717, 1.165) is 5.56 Å². The van der Waals surface area contributed by atoms with Gasteiger partial charge in [0.2, 0.25) is 10.0 Å². The van der Waals surface area contributed by atoms with Gasteiger partial charge in [-0.3, -0.25) is 0 Å². The predicted molar refractivity (Wildman–Crippen MR) is 71.4 cm³/mol. The second-order valence-electron chi connectivity index (χ2n) is 4.25. The lowest BCUT2D eigenvalue weighted by atomic mass is 10.1. The van der Waals surface area contributed by atoms with Crippen LogP contribution in [0.2, 0.25) is 0 Å². The molecule has 19 heavy (non-hydrogen) atoms. The van der Waals surface area contributed by atoms with Crippen LogP contribution in [-0.4, -0.2) is 34.1 Å². The van der Waals surface area contributed by atoms with Gasteiger partial charge in [-0.05, 0) is 26.0 Å². The highest BCUT2D eigenvalue weighted by molar-refractivity contribution is 7.89. The Morgan fingerprint density at radius 1 is 1.47 bits per heavy atom. The lowest BCUT2D eigenvalue weighted by molar-refractivity contribution is 0.0596. The Kier molecular flexibility index (Phi) is 5.04. The van der Waals surface area contributed by atoms with Crippen LogP contribution in [0.25, 0.3) is 0 Å². The van der Waals surface area contributed by atoms with Crippen LogP contribution in [0.15, 0.2) is 23.1 Å². The number of benzene rings is 1. The molecular formula is C12H18N2O4S. The molecule has 0 radical (unpaired) electrons. The monoisotopic (exact) mass is 286 g/mol. The first-order valence-electron chi connectivity index (χ1n) is 5.73. The van der Waals surface area contributed by atoms with Gasteiger partial charge in [0.1, 0.15) is 0 Å². The molecule has 0 fully saturated rings. The van der Waals surface area contributed by atoms with Gasteiger partial charge < -0.3 is 10.5 Å². The van der Waals surface area contributed by atoms with Crippen molar-refractivity contribution in [2.75, 3.05) is 13.7 Å². The SMILES string of the molecule is COC(=O)c1cc(C)ccc1S(=O)(=O)N[C@@H](C)CN. The molecule has 0 amide bonds. The topological polar surface area (TPSA) is 98.5 Å². The maximum atomic E-state index is 12.2. The fraction of sp³-hybridized carbons (Fsp3) is 0.417. The van der Waals surface area contributed by atoms with Crippen LogP contribution in [-0.2, 0) is 14.8 Å². The zero-order chi connectivity index (χ0) is 14.6. The smallest absolute Gasteiger partial charge is 0.339 e. The van der Waals surface area contributed by atoms with Gasteiger partial charge >= 0.3 is 5.97 Å². The molecule has 0 aromatic heterocycles. The fourth-order valence-corrected chi connectivity index (χ4v) is 2.96. The number of carbonyl (C=O) groups is 1. The molecule has 0 spiro atoms. The largest absolute Gasteiger partial charge is 0.465 e. The summed E-state index contributed by atoms with van der Waals surface area (Å²) in [7, 11) is -2.60. The van der Waals surface area contributed by atoms with E-state index in [4.69, 9.17) is 5.73 Å². The minimum Gasteiger partial charge on any atom is -0.465 e. The van der Waals surface area contributed by atoms with Crippen molar-refractivity contribution in [1.29, 1.82) is 0 Å². The van der Waals surface area contributed by atoms with Crippen molar-refractivity contribution in [2.24, 2.45) is 5.73 Å². The number of rotatable bonds is 5. The van der Waals surface area contributed by atoms with Gasteiger partial charge in [0.25, 0.3) is 0 Å². The van der Waals surface area contributed by atoms with E-state index in [0.29, 0.717) is 0 Å². The quantitative estimate of drug-likeness (QED) is 0.764. The van der Waals surface area contributed by atoms with E-state index in [-0.39, 0.29) is 17.0 Å². The van der Waals surface area contributed by atoms with Gasteiger partial charge in [-0.25, -0.2) is 17.9 Å². The molecule has 6 nitrogen and oxygen atoms in total. The van der Waals surface area contributed by atoms with E-state index >= 15 is 0 Å². The molecule has 1 aromatic rings. The summed E-state index contributed by atoms with van der Waals surface area (Å²) in [4.78, 5) is 11.5. The van der Waals surface area contributed by atoms with Crippen molar-refractivity contribution < 1.29 is 17.9 Å². The van der Waals surface area contributed by atoms with Crippen molar-refractivity contribution in [3.8, 4) is 0 Å². The van der Waals surface area contributed by atoms with Gasteiger partial charge in [0, 0.05) is 12.6 Å². The number of aryl methyl sites for hydroxylation is 1. The van der Waals surface area contributed by atoms with Crippen molar-refractivity contribution in [3.05, 3.63) is 29.3 Å². The lowest BCUT2D eigenvalue weighted by Gasteiger charge is -2.14. The van der Waals surface area contributed by atoms with E-state index in [1.807, 2.05) is 0 Å². The number of esters is 1. The third-order valence-electron chi connectivity index (χ3n) is 2.54. The van der Waals surface area contributed by atoms with Crippen LogP contribution < -0.4 is 10.5 Å². The fourth-order valence-electron chi connectivity index (χ4n) is 1.52. The Labute approximate surface area is 113 Å². The Morgan fingerprint density at radius 3 is 2.63 bits per heavy atom. The second kappa shape index (κ2) is 6.14. The van der Waals surface area contributed by atoms with Crippen LogP contribution >= 0.6 is 0 Å². The van der Waals surface area contributed by atoms with E-state index in [9.17, 15) is 13.2 Å². The molecule has 106 valence electrons. The molecule has 0 aliphatic carbocycles. The molecule has 0 aliphatic rings. The second-order valence-corrected chi connectivity index (χ2v) is 5.93. The molecule has 7 heteroatoms. The highest BCUT2D eigenvalue weighted by Gasteiger charge is 2.24. The number of nitrogens with one attached hydrogen (secondary N) is 1. The van der Waals surface area contributed by atoms with Gasteiger partial charge in [0.15, 0.2) is 0 Å². The molecular weight excluding hydrogens is 268 g/mol. The van der Waals surface area contributed by atoms with E-state index < -0.39 is 22.0 Å². The first-order valence-corrected chi connectivity index (χ1v) is 7.21. The highest BCUT2D eigenvalue weighted by atomic mass is 32.2.